The van der Waals surface area contributed by atoms with Crippen LogP contribution in [0.15, 0.2) is 24.3 Å². The Kier molecular flexibility index (Phi) is 3.65. The molecular weight excluding hydrogens is 180 g/mol. The van der Waals surface area contributed by atoms with E-state index in [1.165, 1.54) is 0 Å². The minimum absolute atomic E-state index is 0.0232. The number of aldehydes is 1. The van der Waals surface area contributed by atoms with Crippen molar-refractivity contribution in [1.82, 2.24) is 0 Å². The molecule has 0 amide bonds. The van der Waals surface area contributed by atoms with Gasteiger partial charge in [0.15, 0.2) is 6.29 Å². The number of hydrogen-bond acceptors (Lipinski definition) is 3. The Bertz CT molecular complexity index is 307. The van der Waals surface area contributed by atoms with Crippen LogP contribution in [0, 0.1) is 0 Å². The van der Waals surface area contributed by atoms with Crippen LogP contribution >= 0.6 is 0 Å². The first-order valence-electron chi connectivity index (χ1n) is 4.54. The highest BCUT2D eigenvalue weighted by Crippen LogP contribution is 2.24. The Hall–Kier alpha value is -1.35. The molecule has 3 heteroatoms. The van der Waals surface area contributed by atoms with E-state index < -0.39 is 6.10 Å². The molecule has 1 rings (SSSR count). The highest BCUT2D eigenvalue weighted by atomic mass is 16.5. The van der Waals surface area contributed by atoms with Gasteiger partial charge in [-0.25, -0.2) is 0 Å². The van der Waals surface area contributed by atoms with Gasteiger partial charge < -0.3 is 14.6 Å². The molecule has 1 aromatic rings. The van der Waals surface area contributed by atoms with E-state index in [0.717, 1.165) is 0 Å². The maximum absolute atomic E-state index is 10.4. The summed E-state index contributed by atoms with van der Waals surface area (Å²) in [6.07, 6.45) is -0.595. The number of aliphatic hydroxyl groups excluding tert-OH is 1. The molecule has 1 atom stereocenters. The number of hydrogen-bond donors (Lipinski definition) is 1. The fourth-order valence-corrected chi connectivity index (χ4v) is 1.16. The summed E-state index contributed by atoms with van der Waals surface area (Å²) in [4.78, 5) is 10.4. The lowest BCUT2D eigenvalue weighted by atomic mass is 10.1. The fraction of sp³-hybridized carbons (Fsp3) is 0.364. The van der Waals surface area contributed by atoms with Gasteiger partial charge in [-0.2, -0.15) is 0 Å². The van der Waals surface area contributed by atoms with Crippen LogP contribution in [0.5, 0.6) is 5.75 Å². The Balaban J connectivity index is 2.96. The van der Waals surface area contributed by atoms with Crippen LogP contribution in [0.4, 0.5) is 0 Å². The van der Waals surface area contributed by atoms with Crippen molar-refractivity contribution in [3.8, 4) is 5.75 Å². The molecule has 0 radical (unpaired) electrons. The van der Waals surface area contributed by atoms with Crippen LogP contribution in [0.2, 0.25) is 0 Å². The molecule has 76 valence electrons. The number of carbonyl (C=O) groups excluding carboxylic acids is 1. The molecule has 14 heavy (non-hydrogen) atoms. The minimum Gasteiger partial charge on any atom is -0.491 e. The second-order valence-electron chi connectivity index (χ2n) is 3.29. The summed E-state index contributed by atoms with van der Waals surface area (Å²) in [5, 5.41) is 9.37. The van der Waals surface area contributed by atoms with Gasteiger partial charge in [0.1, 0.15) is 11.9 Å². The van der Waals surface area contributed by atoms with Crippen molar-refractivity contribution < 1.29 is 14.6 Å². The average molecular weight is 194 g/mol. The summed E-state index contributed by atoms with van der Waals surface area (Å²) in [5.74, 6) is 0.558. The number of rotatable bonds is 4. The summed E-state index contributed by atoms with van der Waals surface area (Å²) >= 11 is 0. The Morgan fingerprint density at radius 1 is 1.36 bits per heavy atom. The standard InChI is InChI=1S/C11H14O3/c1-8(2)14-11-6-4-3-5-9(11)10(13)7-12/h3-8,10,13H,1-2H3. The van der Waals surface area contributed by atoms with E-state index in [1.807, 2.05) is 13.8 Å². The first-order valence-corrected chi connectivity index (χ1v) is 4.54. The Morgan fingerprint density at radius 3 is 2.57 bits per heavy atom. The minimum atomic E-state index is -1.11. The summed E-state index contributed by atoms with van der Waals surface area (Å²) in [7, 11) is 0. The third-order valence-electron chi connectivity index (χ3n) is 1.73. The molecule has 1 aromatic carbocycles. The van der Waals surface area contributed by atoms with Crippen molar-refractivity contribution in [3.05, 3.63) is 29.8 Å². The van der Waals surface area contributed by atoms with Gasteiger partial charge in [0.2, 0.25) is 0 Å². The molecule has 3 nitrogen and oxygen atoms in total. The van der Waals surface area contributed by atoms with E-state index in [4.69, 9.17) is 4.74 Å². The van der Waals surface area contributed by atoms with E-state index in [1.54, 1.807) is 24.3 Å². The topological polar surface area (TPSA) is 46.5 Å². The van der Waals surface area contributed by atoms with Gasteiger partial charge in [-0.3, -0.25) is 0 Å². The van der Waals surface area contributed by atoms with Gasteiger partial charge in [-0.1, -0.05) is 18.2 Å². The highest BCUT2D eigenvalue weighted by molar-refractivity contribution is 5.61. The summed E-state index contributed by atoms with van der Waals surface area (Å²) in [5.41, 5.74) is 0.510. The summed E-state index contributed by atoms with van der Waals surface area (Å²) in [6.45, 7) is 3.79. The van der Waals surface area contributed by atoms with E-state index in [-0.39, 0.29) is 6.10 Å². The van der Waals surface area contributed by atoms with E-state index in [9.17, 15) is 9.90 Å². The normalized spacial score (nSPS) is 12.6. The third-order valence-corrected chi connectivity index (χ3v) is 1.73. The van der Waals surface area contributed by atoms with Crippen LogP contribution < -0.4 is 4.74 Å². The zero-order valence-electron chi connectivity index (χ0n) is 8.31. The number of aliphatic hydroxyl groups is 1. The van der Waals surface area contributed by atoms with E-state index in [0.29, 0.717) is 17.6 Å². The summed E-state index contributed by atoms with van der Waals surface area (Å²) < 4.78 is 5.45. The number of carbonyl (C=O) groups is 1. The Morgan fingerprint density at radius 2 is 2.00 bits per heavy atom. The molecular formula is C11H14O3. The quantitative estimate of drug-likeness (QED) is 0.742. The molecule has 1 N–H and O–H groups in total. The molecule has 0 heterocycles. The van der Waals surface area contributed by atoms with Crippen LogP contribution in [0.25, 0.3) is 0 Å². The molecule has 0 bridgehead atoms. The predicted octanol–water partition coefficient (Wildman–Crippen LogP) is 1.71. The lowest BCUT2D eigenvalue weighted by Crippen LogP contribution is -2.09. The van der Waals surface area contributed by atoms with Crippen LogP contribution in [0.1, 0.15) is 25.5 Å². The number of ether oxygens (including phenoxy) is 1. The molecule has 0 aliphatic heterocycles. The third kappa shape index (κ3) is 2.57. The highest BCUT2D eigenvalue weighted by Gasteiger charge is 2.12. The summed E-state index contributed by atoms with van der Waals surface area (Å²) in [6, 6.07) is 6.98. The van der Waals surface area contributed by atoms with Gasteiger partial charge in [-0.15, -0.1) is 0 Å². The first kappa shape index (κ1) is 10.7. The molecule has 0 aromatic heterocycles. The van der Waals surface area contributed by atoms with Crippen molar-refractivity contribution >= 4 is 6.29 Å². The fourth-order valence-electron chi connectivity index (χ4n) is 1.16. The molecule has 0 spiro atoms. The van der Waals surface area contributed by atoms with Gasteiger partial charge in [0.05, 0.1) is 6.10 Å². The van der Waals surface area contributed by atoms with Crippen molar-refractivity contribution in [3.63, 3.8) is 0 Å². The van der Waals surface area contributed by atoms with Gasteiger partial charge in [-0.05, 0) is 19.9 Å². The van der Waals surface area contributed by atoms with Crippen molar-refractivity contribution in [2.45, 2.75) is 26.1 Å². The van der Waals surface area contributed by atoms with E-state index >= 15 is 0 Å². The maximum atomic E-state index is 10.4. The Labute approximate surface area is 83.3 Å². The molecule has 0 saturated carbocycles. The molecule has 0 aliphatic carbocycles. The molecule has 0 aliphatic rings. The van der Waals surface area contributed by atoms with Crippen molar-refractivity contribution in [2.75, 3.05) is 0 Å². The van der Waals surface area contributed by atoms with Crippen LogP contribution in [-0.2, 0) is 4.79 Å². The SMILES string of the molecule is CC(C)Oc1ccccc1C(O)C=O. The second-order valence-corrected chi connectivity index (χ2v) is 3.29. The van der Waals surface area contributed by atoms with E-state index in [2.05, 4.69) is 0 Å². The lowest BCUT2D eigenvalue weighted by molar-refractivity contribution is -0.115. The van der Waals surface area contributed by atoms with Crippen molar-refractivity contribution in [1.29, 1.82) is 0 Å². The van der Waals surface area contributed by atoms with Crippen molar-refractivity contribution in [2.24, 2.45) is 0 Å². The van der Waals surface area contributed by atoms with Gasteiger partial charge in [0, 0.05) is 5.56 Å². The van der Waals surface area contributed by atoms with Crippen LogP contribution in [-0.4, -0.2) is 17.5 Å². The lowest BCUT2D eigenvalue weighted by Gasteiger charge is -2.14. The van der Waals surface area contributed by atoms with Gasteiger partial charge >= 0.3 is 0 Å². The smallest absolute Gasteiger partial charge is 0.153 e. The number of benzene rings is 1. The average Bonchev–Trinajstić information content (AvgIpc) is 2.16. The molecule has 1 unspecified atom stereocenters. The van der Waals surface area contributed by atoms with Crippen LogP contribution in [0.3, 0.4) is 0 Å². The first-order chi connectivity index (χ1) is 6.65. The molecule has 0 saturated heterocycles. The maximum Gasteiger partial charge on any atom is 0.153 e. The van der Waals surface area contributed by atoms with Gasteiger partial charge in [0.25, 0.3) is 0 Å². The zero-order valence-corrected chi connectivity index (χ0v) is 8.31. The second kappa shape index (κ2) is 4.77. The predicted molar refractivity (Wildman–Crippen MR) is 53.2 cm³/mol. The molecule has 0 fully saturated rings. The largest absolute Gasteiger partial charge is 0.491 e. The monoisotopic (exact) mass is 194 g/mol. The zero-order chi connectivity index (χ0) is 10.6. The number of para-hydroxylation sites is 1.